The predicted molar refractivity (Wildman–Crippen MR) is 124 cm³/mol. The van der Waals surface area contributed by atoms with Gasteiger partial charge >= 0.3 is 0 Å². The van der Waals surface area contributed by atoms with Crippen LogP contribution in [0.25, 0.3) is 0 Å². The van der Waals surface area contributed by atoms with Gasteiger partial charge in [-0.3, -0.25) is 0 Å². The molecule has 0 bridgehead atoms. The van der Waals surface area contributed by atoms with Crippen molar-refractivity contribution in [1.29, 1.82) is 0 Å². The van der Waals surface area contributed by atoms with Crippen LogP contribution in [0.15, 0.2) is 65.8 Å². The summed E-state index contributed by atoms with van der Waals surface area (Å²) in [5.41, 5.74) is 1.08. The van der Waals surface area contributed by atoms with Crippen LogP contribution in [0.5, 0.6) is 0 Å². The van der Waals surface area contributed by atoms with E-state index in [0.717, 1.165) is 31.5 Å². The van der Waals surface area contributed by atoms with Gasteiger partial charge in [-0.05, 0) is 34.7 Å². The maximum Gasteiger partial charge on any atom is 0.261 e. The molecule has 0 amide bonds. The number of benzene rings is 2. The highest BCUT2D eigenvalue weighted by Gasteiger charge is 2.50. The molecule has 0 unspecified atom stereocenters. The van der Waals surface area contributed by atoms with Crippen molar-refractivity contribution in [2.45, 2.75) is 51.1 Å². The molecule has 0 aliphatic carbocycles. The fourth-order valence-corrected chi connectivity index (χ4v) is 8.95. The van der Waals surface area contributed by atoms with Crippen molar-refractivity contribution in [1.82, 2.24) is 5.32 Å². The predicted octanol–water partition coefficient (Wildman–Crippen LogP) is 3.71. The molecule has 1 N–H and O–H groups in total. The Morgan fingerprint density at radius 3 is 2.10 bits per heavy atom. The van der Waals surface area contributed by atoms with Crippen molar-refractivity contribution in [3.8, 4) is 0 Å². The highest BCUT2D eigenvalue weighted by Crippen LogP contribution is 2.36. The summed E-state index contributed by atoms with van der Waals surface area (Å²) in [5.74, 6) is 0. The molecule has 0 radical (unpaired) electrons. The van der Waals surface area contributed by atoms with Crippen LogP contribution in [-0.2, 0) is 9.26 Å². The Bertz CT molecular complexity index is 748. The molecule has 3 rings (SSSR count). The van der Waals surface area contributed by atoms with E-state index in [4.69, 9.17) is 9.26 Å². The third-order valence-corrected chi connectivity index (χ3v) is 10.8. The molecule has 29 heavy (non-hydrogen) atoms. The molecule has 5 heteroatoms. The molecule has 2 aromatic rings. The molecule has 2 aromatic carbocycles. The summed E-state index contributed by atoms with van der Waals surface area (Å²) < 4.78 is 7.06. The lowest BCUT2D eigenvalue weighted by atomic mass is 10.1. The highest BCUT2D eigenvalue weighted by molar-refractivity contribution is 6.99. The minimum absolute atomic E-state index is 0.00308. The van der Waals surface area contributed by atoms with E-state index < -0.39 is 8.32 Å². The van der Waals surface area contributed by atoms with E-state index in [1.807, 2.05) is 0 Å². The fourth-order valence-electron chi connectivity index (χ4n) is 4.34. The number of nitrogens with zero attached hydrogens (tertiary/aromatic N) is 1. The summed E-state index contributed by atoms with van der Waals surface area (Å²) in [6.07, 6.45) is 3.17. The standard InChI is InChI=1S/C24H34N2O2Si/c1-24(2,3)29(22-14-7-5-8-15-22,23-16-9-6-10-17-23)28-19-21-13-11-12-20(18-25-21)26-27-4/h5-10,14-17,21,25H,11-13,18-19H2,1-4H3/t21-/m0/s1. The van der Waals surface area contributed by atoms with Gasteiger partial charge in [-0.15, -0.1) is 0 Å². The Balaban J connectivity index is 1.91. The van der Waals surface area contributed by atoms with Crippen LogP contribution < -0.4 is 15.7 Å². The van der Waals surface area contributed by atoms with Crippen LogP contribution in [0, 0.1) is 0 Å². The van der Waals surface area contributed by atoms with Gasteiger partial charge < -0.3 is 14.6 Å². The summed E-state index contributed by atoms with van der Waals surface area (Å²) in [6.45, 7) is 8.44. The van der Waals surface area contributed by atoms with Gasteiger partial charge in [0, 0.05) is 12.6 Å². The second-order valence-electron chi connectivity index (χ2n) is 8.78. The number of oxime groups is 1. The van der Waals surface area contributed by atoms with Gasteiger partial charge in [-0.1, -0.05) is 86.6 Å². The third kappa shape index (κ3) is 4.97. The lowest BCUT2D eigenvalue weighted by Gasteiger charge is -2.43. The molecule has 1 aliphatic heterocycles. The minimum Gasteiger partial charge on any atom is -0.406 e. The van der Waals surface area contributed by atoms with Gasteiger partial charge in [0.25, 0.3) is 8.32 Å². The summed E-state index contributed by atoms with van der Waals surface area (Å²) >= 11 is 0. The van der Waals surface area contributed by atoms with Gasteiger partial charge in [-0.25, -0.2) is 0 Å². The van der Waals surface area contributed by atoms with Crippen LogP contribution in [0.4, 0.5) is 0 Å². The smallest absolute Gasteiger partial charge is 0.261 e. The summed E-state index contributed by atoms with van der Waals surface area (Å²) in [5, 5.41) is 10.4. The molecule has 0 aromatic heterocycles. The van der Waals surface area contributed by atoms with E-state index in [1.54, 1.807) is 7.11 Å². The molecular formula is C24H34N2O2Si. The Kier molecular flexibility index (Phi) is 7.27. The van der Waals surface area contributed by atoms with Gasteiger partial charge in [0.05, 0.1) is 12.3 Å². The van der Waals surface area contributed by atoms with Gasteiger partial charge in [0.1, 0.15) is 7.11 Å². The van der Waals surface area contributed by atoms with Crippen molar-refractivity contribution in [3.05, 3.63) is 60.7 Å². The zero-order chi connectivity index (χ0) is 20.7. The zero-order valence-electron chi connectivity index (χ0n) is 18.2. The first-order valence-electron chi connectivity index (χ1n) is 10.5. The Morgan fingerprint density at radius 2 is 1.59 bits per heavy atom. The quantitative estimate of drug-likeness (QED) is 0.583. The van der Waals surface area contributed by atoms with Crippen LogP contribution in [-0.4, -0.2) is 40.3 Å². The van der Waals surface area contributed by atoms with E-state index in [0.29, 0.717) is 12.6 Å². The Labute approximate surface area is 176 Å². The van der Waals surface area contributed by atoms with E-state index in [9.17, 15) is 0 Å². The third-order valence-electron chi connectivity index (χ3n) is 5.75. The first kappa shape index (κ1) is 21.7. The molecule has 1 saturated heterocycles. The summed E-state index contributed by atoms with van der Waals surface area (Å²) in [7, 11) is -0.864. The summed E-state index contributed by atoms with van der Waals surface area (Å²) in [6, 6.07) is 22.0. The second-order valence-corrected chi connectivity index (χ2v) is 13.1. The molecule has 0 spiro atoms. The second kappa shape index (κ2) is 9.70. The zero-order valence-corrected chi connectivity index (χ0v) is 19.2. The monoisotopic (exact) mass is 410 g/mol. The summed E-state index contributed by atoms with van der Waals surface area (Å²) in [4.78, 5) is 4.97. The Hall–Kier alpha value is -1.95. The largest absolute Gasteiger partial charge is 0.406 e. The molecule has 1 aliphatic rings. The molecule has 1 atom stereocenters. The van der Waals surface area contributed by atoms with Crippen LogP contribution >= 0.6 is 0 Å². The van der Waals surface area contributed by atoms with E-state index in [2.05, 4.69) is 91.9 Å². The van der Waals surface area contributed by atoms with Crippen molar-refractivity contribution >= 4 is 24.4 Å². The molecule has 1 heterocycles. The average molecular weight is 411 g/mol. The number of nitrogens with one attached hydrogen (secondary N) is 1. The molecule has 0 saturated carbocycles. The van der Waals surface area contributed by atoms with Gasteiger partial charge in [0.2, 0.25) is 0 Å². The van der Waals surface area contributed by atoms with E-state index >= 15 is 0 Å². The van der Waals surface area contributed by atoms with Crippen molar-refractivity contribution in [2.75, 3.05) is 20.3 Å². The Morgan fingerprint density at radius 1 is 1.00 bits per heavy atom. The average Bonchev–Trinajstić information content (AvgIpc) is 2.95. The fraction of sp³-hybridized carbons (Fsp3) is 0.458. The van der Waals surface area contributed by atoms with Gasteiger partial charge in [0.15, 0.2) is 0 Å². The minimum atomic E-state index is -2.48. The SMILES string of the molecule is CON=C1CCC[C@@H](CO[Si](c2ccccc2)(c2ccccc2)C(C)(C)C)NC1. The topological polar surface area (TPSA) is 42.9 Å². The highest BCUT2D eigenvalue weighted by atomic mass is 28.4. The lowest BCUT2D eigenvalue weighted by Crippen LogP contribution is -2.67. The van der Waals surface area contributed by atoms with Crippen molar-refractivity contribution in [2.24, 2.45) is 5.16 Å². The number of rotatable bonds is 6. The van der Waals surface area contributed by atoms with Crippen LogP contribution in [0.2, 0.25) is 5.04 Å². The first-order valence-corrected chi connectivity index (χ1v) is 12.5. The number of hydrogen-bond acceptors (Lipinski definition) is 4. The van der Waals surface area contributed by atoms with E-state index in [-0.39, 0.29) is 5.04 Å². The molecule has 1 fully saturated rings. The number of hydrogen-bond donors (Lipinski definition) is 1. The lowest BCUT2D eigenvalue weighted by molar-refractivity contribution is 0.211. The van der Waals surface area contributed by atoms with Crippen LogP contribution in [0.1, 0.15) is 40.0 Å². The molecular weight excluding hydrogens is 376 g/mol. The maximum absolute atomic E-state index is 7.06. The van der Waals surface area contributed by atoms with Crippen LogP contribution in [0.3, 0.4) is 0 Å². The maximum atomic E-state index is 7.06. The van der Waals surface area contributed by atoms with Crippen molar-refractivity contribution < 1.29 is 9.26 Å². The molecule has 4 nitrogen and oxygen atoms in total. The van der Waals surface area contributed by atoms with Gasteiger partial charge in [-0.2, -0.15) is 0 Å². The molecule has 156 valence electrons. The normalized spacial score (nSPS) is 19.7. The first-order chi connectivity index (χ1) is 14.0. The van der Waals surface area contributed by atoms with E-state index in [1.165, 1.54) is 10.4 Å². The van der Waals surface area contributed by atoms with Crippen molar-refractivity contribution in [3.63, 3.8) is 0 Å².